The molecule has 0 aromatic carbocycles. The lowest BCUT2D eigenvalue weighted by atomic mass is 10.0. The predicted molar refractivity (Wildman–Crippen MR) is 124 cm³/mol. The summed E-state index contributed by atoms with van der Waals surface area (Å²) in [6.45, 7) is 9.88. The van der Waals surface area contributed by atoms with Gasteiger partial charge in [0.25, 0.3) is 5.91 Å². The lowest BCUT2D eigenvalue weighted by molar-refractivity contribution is 0.000954. The van der Waals surface area contributed by atoms with E-state index in [0.717, 1.165) is 26.1 Å². The number of piperazine rings is 1. The van der Waals surface area contributed by atoms with Crippen LogP contribution < -0.4 is 9.64 Å². The molecule has 0 radical (unpaired) electrons. The van der Waals surface area contributed by atoms with Crippen LogP contribution >= 0.6 is 11.6 Å². The number of rotatable bonds is 1. The van der Waals surface area contributed by atoms with Gasteiger partial charge in [-0.1, -0.05) is 11.6 Å². The van der Waals surface area contributed by atoms with Crippen molar-refractivity contribution in [3.05, 3.63) is 16.8 Å². The molecule has 33 heavy (non-hydrogen) atoms. The van der Waals surface area contributed by atoms with E-state index in [1.807, 2.05) is 25.7 Å². The fourth-order valence-electron chi connectivity index (χ4n) is 5.53. The van der Waals surface area contributed by atoms with E-state index in [1.54, 1.807) is 11.0 Å². The van der Waals surface area contributed by atoms with Crippen molar-refractivity contribution < 1.29 is 19.1 Å². The molecule has 2 unspecified atom stereocenters. The molecule has 0 saturated carbocycles. The van der Waals surface area contributed by atoms with Crippen LogP contribution in [0.2, 0.25) is 5.15 Å². The van der Waals surface area contributed by atoms with Gasteiger partial charge in [0.2, 0.25) is 0 Å². The van der Waals surface area contributed by atoms with Crippen molar-refractivity contribution in [3.8, 4) is 5.75 Å². The Balaban J connectivity index is 1.42. The van der Waals surface area contributed by atoms with E-state index in [-0.39, 0.29) is 24.6 Å². The zero-order chi connectivity index (χ0) is 23.5. The quantitative estimate of drug-likeness (QED) is 0.574. The zero-order valence-corrected chi connectivity index (χ0v) is 20.5. The number of hydrogen-bond acceptors (Lipinski definition) is 7. The molecule has 2 amide bonds. The van der Waals surface area contributed by atoms with Crippen LogP contribution in [0.3, 0.4) is 0 Å². The van der Waals surface area contributed by atoms with Crippen LogP contribution in [0.15, 0.2) is 6.07 Å². The molecule has 10 heteroatoms. The van der Waals surface area contributed by atoms with Gasteiger partial charge in [0.15, 0.2) is 0 Å². The molecular formula is C23H32ClN5O4. The molecule has 4 aliphatic rings. The zero-order valence-electron chi connectivity index (χ0n) is 19.7. The monoisotopic (exact) mass is 477 g/mol. The largest absolute Gasteiger partial charge is 0.490 e. The second-order valence-electron chi connectivity index (χ2n) is 10.6. The minimum absolute atomic E-state index is 0.106. The molecule has 0 spiro atoms. The Hall–Kier alpha value is -2.26. The summed E-state index contributed by atoms with van der Waals surface area (Å²) >= 11 is 6.39. The van der Waals surface area contributed by atoms with Crippen LogP contribution in [0.4, 0.5) is 10.6 Å². The first-order valence-electron chi connectivity index (χ1n) is 11.7. The Morgan fingerprint density at radius 3 is 2.73 bits per heavy atom. The topological polar surface area (TPSA) is 78.5 Å². The average molecular weight is 478 g/mol. The summed E-state index contributed by atoms with van der Waals surface area (Å²) in [5, 5.41) is 0.321. The van der Waals surface area contributed by atoms with Gasteiger partial charge in [-0.25, -0.2) is 9.78 Å². The molecule has 1 aromatic rings. The van der Waals surface area contributed by atoms with E-state index in [4.69, 9.17) is 21.1 Å². The standard InChI is InChI=1S/C23H32ClN5O4/c1-23(2,3)33-22(31)27-7-8-28-15(11-27)13-32-17-9-18(24)25-20(19(17)21(28)30)29-6-5-14-10-26(4)12-16(14)29/h9,14-16H,5-8,10-13H2,1-4H3/t14?,15-,16?/m1/s1. The molecule has 5 rings (SSSR count). The van der Waals surface area contributed by atoms with Gasteiger partial charge in [-0.15, -0.1) is 0 Å². The highest BCUT2D eigenvalue weighted by Gasteiger charge is 2.45. The van der Waals surface area contributed by atoms with Gasteiger partial charge in [-0.05, 0) is 40.2 Å². The Bertz CT molecular complexity index is 967. The molecule has 3 fully saturated rings. The van der Waals surface area contributed by atoms with Crippen LogP contribution in [-0.2, 0) is 4.74 Å². The number of likely N-dealkylation sites (tertiary alicyclic amines) is 1. The van der Waals surface area contributed by atoms with Gasteiger partial charge in [0.1, 0.15) is 34.5 Å². The van der Waals surface area contributed by atoms with Gasteiger partial charge >= 0.3 is 6.09 Å². The van der Waals surface area contributed by atoms with Crippen LogP contribution in [-0.4, -0.2) is 102 Å². The lowest BCUT2D eigenvalue weighted by Gasteiger charge is -2.40. The number of hydrogen-bond donors (Lipinski definition) is 0. The van der Waals surface area contributed by atoms with Gasteiger partial charge in [-0.3, -0.25) is 4.79 Å². The third-order valence-corrected chi connectivity index (χ3v) is 7.17. The van der Waals surface area contributed by atoms with Gasteiger partial charge in [0.05, 0.1) is 6.04 Å². The summed E-state index contributed by atoms with van der Waals surface area (Å²) in [7, 11) is 2.13. The van der Waals surface area contributed by atoms with Crippen LogP contribution in [0, 0.1) is 5.92 Å². The molecular weight excluding hydrogens is 446 g/mol. The maximum absolute atomic E-state index is 13.8. The first-order chi connectivity index (χ1) is 15.6. The molecule has 5 heterocycles. The number of amides is 2. The number of fused-ring (bicyclic) bond motifs is 3. The number of nitrogens with zero attached hydrogens (tertiary/aromatic N) is 5. The second-order valence-corrected chi connectivity index (χ2v) is 10.9. The molecule has 4 aliphatic heterocycles. The summed E-state index contributed by atoms with van der Waals surface area (Å²) < 4.78 is 11.7. The number of aromatic nitrogens is 1. The van der Waals surface area contributed by atoms with Crippen molar-refractivity contribution in [2.75, 3.05) is 57.8 Å². The van der Waals surface area contributed by atoms with Gasteiger partial charge < -0.3 is 29.1 Å². The van der Waals surface area contributed by atoms with Crippen LogP contribution in [0.5, 0.6) is 5.75 Å². The molecule has 0 N–H and O–H groups in total. The Morgan fingerprint density at radius 2 is 1.97 bits per heavy atom. The highest BCUT2D eigenvalue weighted by atomic mass is 35.5. The van der Waals surface area contributed by atoms with Crippen molar-refractivity contribution in [1.29, 1.82) is 0 Å². The number of carbonyl (C=O) groups is 2. The predicted octanol–water partition coefficient (Wildman–Crippen LogP) is 2.33. The minimum Gasteiger partial charge on any atom is -0.490 e. The van der Waals surface area contributed by atoms with Crippen molar-refractivity contribution in [2.45, 2.75) is 44.9 Å². The molecule has 9 nitrogen and oxygen atoms in total. The molecule has 0 bridgehead atoms. The number of anilines is 1. The Morgan fingerprint density at radius 1 is 1.18 bits per heavy atom. The summed E-state index contributed by atoms with van der Waals surface area (Å²) in [6, 6.07) is 1.69. The third kappa shape index (κ3) is 4.21. The number of carbonyl (C=O) groups excluding carboxylic acids is 2. The first kappa shape index (κ1) is 22.5. The maximum atomic E-state index is 13.8. The number of likely N-dealkylation sites (N-methyl/N-ethyl adjacent to an activating group) is 1. The second kappa shape index (κ2) is 8.20. The Labute approximate surface area is 199 Å². The normalized spacial score (nSPS) is 27.6. The highest BCUT2D eigenvalue weighted by molar-refractivity contribution is 6.30. The SMILES string of the molecule is CN1CC2CCN(c3nc(Cl)cc4c3C(=O)N3CCN(C(=O)OC(C)(C)C)C[C@@H]3CO4)C2C1. The maximum Gasteiger partial charge on any atom is 0.410 e. The lowest BCUT2D eigenvalue weighted by Crippen LogP contribution is -2.58. The summed E-state index contributed by atoms with van der Waals surface area (Å²) in [5.41, 5.74) is -0.0813. The van der Waals surface area contributed by atoms with Crippen molar-refractivity contribution in [1.82, 2.24) is 19.7 Å². The van der Waals surface area contributed by atoms with E-state index >= 15 is 0 Å². The van der Waals surface area contributed by atoms with Crippen molar-refractivity contribution in [3.63, 3.8) is 0 Å². The average Bonchev–Trinajstić information content (AvgIpc) is 3.24. The number of ether oxygens (including phenoxy) is 2. The fourth-order valence-corrected chi connectivity index (χ4v) is 5.70. The molecule has 3 saturated heterocycles. The van der Waals surface area contributed by atoms with E-state index in [0.29, 0.717) is 53.9 Å². The summed E-state index contributed by atoms with van der Waals surface area (Å²) in [5.74, 6) is 1.56. The van der Waals surface area contributed by atoms with E-state index in [2.05, 4.69) is 21.8 Å². The van der Waals surface area contributed by atoms with E-state index in [1.165, 1.54) is 0 Å². The molecule has 180 valence electrons. The van der Waals surface area contributed by atoms with Crippen LogP contribution in [0.1, 0.15) is 37.6 Å². The molecule has 3 atom stereocenters. The van der Waals surface area contributed by atoms with E-state index in [9.17, 15) is 9.59 Å². The fraction of sp³-hybridized carbons (Fsp3) is 0.696. The van der Waals surface area contributed by atoms with Crippen LogP contribution in [0.25, 0.3) is 0 Å². The smallest absolute Gasteiger partial charge is 0.410 e. The molecule has 0 aliphatic carbocycles. The Kier molecular flexibility index (Phi) is 5.60. The summed E-state index contributed by atoms with van der Waals surface area (Å²) in [4.78, 5) is 39.1. The van der Waals surface area contributed by atoms with E-state index < -0.39 is 5.60 Å². The third-order valence-electron chi connectivity index (χ3n) is 6.98. The number of pyridine rings is 1. The first-order valence-corrected chi connectivity index (χ1v) is 12.1. The van der Waals surface area contributed by atoms with Gasteiger partial charge in [-0.2, -0.15) is 0 Å². The summed E-state index contributed by atoms with van der Waals surface area (Å²) in [6.07, 6.45) is 0.708. The molecule has 1 aromatic heterocycles. The van der Waals surface area contributed by atoms with Gasteiger partial charge in [0, 0.05) is 51.4 Å². The van der Waals surface area contributed by atoms with Crippen molar-refractivity contribution >= 4 is 29.4 Å². The minimum atomic E-state index is -0.570. The highest BCUT2D eigenvalue weighted by Crippen LogP contribution is 2.40. The number of halogens is 1. The van der Waals surface area contributed by atoms with Crippen molar-refractivity contribution in [2.24, 2.45) is 5.92 Å².